The summed E-state index contributed by atoms with van der Waals surface area (Å²) in [5.74, 6) is 1.49. The van der Waals surface area contributed by atoms with E-state index in [4.69, 9.17) is 4.74 Å². The van der Waals surface area contributed by atoms with E-state index >= 15 is 0 Å². The van der Waals surface area contributed by atoms with Crippen LogP contribution >= 0.6 is 0 Å². The van der Waals surface area contributed by atoms with Gasteiger partial charge in [0.25, 0.3) is 0 Å². The number of anilines is 3. The summed E-state index contributed by atoms with van der Waals surface area (Å²) >= 11 is 0. The molecule has 2 rings (SSSR count). The molecule has 1 aromatic heterocycles. The Morgan fingerprint density at radius 1 is 1.09 bits per heavy atom. The van der Waals surface area contributed by atoms with E-state index < -0.39 is 0 Å². The van der Waals surface area contributed by atoms with Crippen LogP contribution in [0, 0.1) is 0 Å². The molecule has 2 amide bonds. The van der Waals surface area contributed by atoms with Gasteiger partial charge in [0.2, 0.25) is 0 Å². The lowest BCUT2D eigenvalue weighted by molar-refractivity contribution is 0.250. The zero-order chi connectivity index (χ0) is 15.9. The van der Waals surface area contributed by atoms with Crippen molar-refractivity contribution in [3.63, 3.8) is 0 Å². The van der Waals surface area contributed by atoms with Gasteiger partial charge in [0.1, 0.15) is 11.6 Å². The van der Waals surface area contributed by atoms with Gasteiger partial charge in [-0.1, -0.05) is 0 Å². The van der Waals surface area contributed by atoms with Gasteiger partial charge in [-0.2, -0.15) is 0 Å². The van der Waals surface area contributed by atoms with Crippen LogP contribution in [0.3, 0.4) is 0 Å². The van der Waals surface area contributed by atoms with Crippen LogP contribution in [0.1, 0.15) is 13.8 Å². The van der Waals surface area contributed by atoms with Crippen molar-refractivity contribution in [1.29, 1.82) is 0 Å². The maximum atomic E-state index is 11.6. The van der Waals surface area contributed by atoms with Crippen molar-refractivity contribution in [2.24, 2.45) is 0 Å². The maximum Gasteiger partial charge on any atom is 0.319 e. The molecule has 6 heteroatoms. The van der Waals surface area contributed by atoms with Crippen molar-refractivity contribution in [3.05, 3.63) is 42.6 Å². The molecule has 0 spiro atoms. The first-order chi connectivity index (χ1) is 10.6. The van der Waals surface area contributed by atoms with Crippen LogP contribution in [0.25, 0.3) is 0 Å². The number of carbonyl (C=O) groups excluding carboxylic acids is 1. The third-order valence-corrected chi connectivity index (χ3v) is 2.80. The van der Waals surface area contributed by atoms with Crippen molar-refractivity contribution >= 4 is 23.2 Å². The molecule has 0 saturated carbocycles. The first-order valence-corrected chi connectivity index (χ1v) is 7.01. The summed E-state index contributed by atoms with van der Waals surface area (Å²) in [5, 5.41) is 8.65. The van der Waals surface area contributed by atoms with Crippen LogP contribution in [-0.4, -0.2) is 24.2 Å². The second-order valence-electron chi connectivity index (χ2n) is 5.04. The van der Waals surface area contributed by atoms with Crippen LogP contribution in [0.5, 0.6) is 5.75 Å². The molecule has 0 atom stereocenters. The van der Waals surface area contributed by atoms with Crippen LogP contribution in [0.15, 0.2) is 42.6 Å². The minimum absolute atomic E-state index is 0.0870. The minimum atomic E-state index is -0.243. The molecule has 0 fully saturated rings. The Morgan fingerprint density at radius 3 is 2.32 bits per heavy atom. The van der Waals surface area contributed by atoms with Crippen LogP contribution in [-0.2, 0) is 0 Å². The number of aromatic nitrogens is 1. The normalized spacial score (nSPS) is 10.2. The molecule has 0 aliphatic carbocycles. The Morgan fingerprint density at radius 2 is 1.77 bits per heavy atom. The van der Waals surface area contributed by atoms with E-state index in [9.17, 15) is 4.79 Å². The number of pyridine rings is 1. The predicted molar refractivity (Wildman–Crippen MR) is 87.8 cm³/mol. The van der Waals surface area contributed by atoms with Gasteiger partial charge in [0.05, 0.1) is 19.0 Å². The van der Waals surface area contributed by atoms with Gasteiger partial charge in [0, 0.05) is 11.7 Å². The third kappa shape index (κ3) is 4.66. The maximum absolute atomic E-state index is 11.6. The monoisotopic (exact) mass is 300 g/mol. The molecule has 0 saturated heterocycles. The number of urea groups is 1. The number of nitrogens with one attached hydrogen (secondary N) is 3. The number of nitrogens with zero attached hydrogens (tertiary/aromatic N) is 1. The van der Waals surface area contributed by atoms with Crippen molar-refractivity contribution < 1.29 is 9.53 Å². The zero-order valence-electron chi connectivity index (χ0n) is 12.9. The van der Waals surface area contributed by atoms with Gasteiger partial charge >= 0.3 is 6.03 Å². The largest absolute Gasteiger partial charge is 0.497 e. The topological polar surface area (TPSA) is 75.3 Å². The van der Waals surface area contributed by atoms with Gasteiger partial charge in [-0.3, -0.25) is 0 Å². The number of rotatable bonds is 5. The summed E-state index contributed by atoms with van der Waals surface area (Å²) in [6.07, 6.45) is 1.60. The summed E-state index contributed by atoms with van der Waals surface area (Å²) in [7, 11) is 1.63. The van der Waals surface area contributed by atoms with Crippen molar-refractivity contribution in [1.82, 2.24) is 10.3 Å². The van der Waals surface area contributed by atoms with Crippen LogP contribution < -0.4 is 20.7 Å². The summed E-state index contributed by atoms with van der Waals surface area (Å²) in [6, 6.07) is 11.0. The first-order valence-electron chi connectivity index (χ1n) is 7.01. The van der Waals surface area contributed by atoms with E-state index in [2.05, 4.69) is 20.9 Å². The fraction of sp³-hybridized carbons (Fsp3) is 0.250. The summed E-state index contributed by atoms with van der Waals surface area (Å²) < 4.78 is 5.11. The fourth-order valence-corrected chi connectivity index (χ4v) is 1.79. The third-order valence-electron chi connectivity index (χ3n) is 2.80. The number of benzene rings is 1. The van der Waals surface area contributed by atoms with Crippen molar-refractivity contribution in [2.75, 3.05) is 17.7 Å². The highest BCUT2D eigenvalue weighted by Gasteiger charge is 2.04. The van der Waals surface area contributed by atoms with Gasteiger partial charge < -0.3 is 20.7 Å². The molecule has 22 heavy (non-hydrogen) atoms. The number of hydrogen-bond acceptors (Lipinski definition) is 4. The Labute approximate surface area is 129 Å². The molecule has 3 N–H and O–H groups in total. The van der Waals surface area contributed by atoms with Gasteiger partial charge in [-0.05, 0) is 50.2 Å². The Hall–Kier alpha value is -2.76. The van der Waals surface area contributed by atoms with E-state index in [1.807, 2.05) is 38.1 Å². The average Bonchev–Trinajstić information content (AvgIpc) is 2.49. The highest BCUT2D eigenvalue weighted by Crippen LogP contribution is 2.19. The van der Waals surface area contributed by atoms with E-state index in [0.717, 1.165) is 11.4 Å². The van der Waals surface area contributed by atoms with Crippen molar-refractivity contribution in [2.45, 2.75) is 19.9 Å². The van der Waals surface area contributed by atoms with Gasteiger partial charge in [-0.25, -0.2) is 9.78 Å². The predicted octanol–water partition coefficient (Wildman–Crippen LogP) is 3.36. The zero-order valence-corrected chi connectivity index (χ0v) is 12.9. The summed E-state index contributed by atoms with van der Waals surface area (Å²) in [4.78, 5) is 15.8. The molecule has 1 aromatic carbocycles. The molecular weight excluding hydrogens is 280 g/mol. The van der Waals surface area contributed by atoms with E-state index in [-0.39, 0.29) is 12.1 Å². The highest BCUT2D eigenvalue weighted by molar-refractivity contribution is 5.89. The lowest BCUT2D eigenvalue weighted by Gasteiger charge is -2.11. The Balaban J connectivity index is 1.94. The Bertz CT molecular complexity index is 609. The Kier molecular flexibility index (Phi) is 5.19. The van der Waals surface area contributed by atoms with Crippen LogP contribution in [0.2, 0.25) is 0 Å². The van der Waals surface area contributed by atoms with E-state index in [1.165, 1.54) is 0 Å². The number of carbonyl (C=O) groups is 1. The molecule has 0 unspecified atom stereocenters. The quantitative estimate of drug-likeness (QED) is 0.791. The second kappa shape index (κ2) is 7.31. The average molecular weight is 300 g/mol. The molecule has 0 aliphatic rings. The van der Waals surface area contributed by atoms with Gasteiger partial charge in [0.15, 0.2) is 0 Å². The molecule has 2 aromatic rings. The molecule has 116 valence electrons. The fourth-order valence-electron chi connectivity index (χ4n) is 1.79. The lowest BCUT2D eigenvalue weighted by atomic mass is 10.3. The van der Waals surface area contributed by atoms with Crippen LogP contribution in [0.4, 0.5) is 22.0 Å². The standard InChI is InChI=1S/C16H20N4O2/c1-11(2)18-16(21)20-13-6-9-15(17-10-13)19-12-4-7-14(22-3)8-5-12/h4-11H,1-3H3,(H,17,19)(H2,18,20,21). The number of ether oxygens (including phenoxy) is 1. The molecular formula is C16H20N4O2. The SMILES string of the molecule is COc1ccc(Nc2ccc(NC(=O)NC(C)C)cn2)cc1. The van der Waals surface area contributed by atoms with E-state index in [1.54, 1.807) is 25.4 Å². The number of amides is 2. The molecule has 0 radical (unpaired) electrons. The lowest BCUT2D eigenvalue weighted by Crippen LogP contribution is -2.34. The molecule has 0 bridgehead atoms. The molecule has 6 nitrogen and oxygen atoms in total. The molecule has 1 heterocycles. The van der Waals surface area contributed by atoms with Gasteiger partial charge in [-0.15, -0.1) is 0 Å². The highest BCUT2D eigenvalue weighted by atomic mass is 16.5. The second-order valence-corrected chi connectivity index (χ2v) is 5.04. The van der Waals surface area contributed by atoms with E-state index in [0.29, 0.717) is 11.5 Å². The number of methoxy groups -OCH3 is 1. The summed E-state index contributed by atoms with van der Waals surface area (Å²) in [6.45, 7) is 3.80. The first kappa shape index (κ1) is 15.6. The molecule has 0 aliphatic heterocycles. The minimum Gasteiger partial charge on any atom is -0.497 e. The van der Waals surface area contributed by atoms with Crippen molar-refractivity contribution in [3.8, 4) is 5.75 Å². The smallest absolute Gasteiger partial charge is 0.319 e. The summed E-state index contributed by atoms with van der Waals surface area (Å²) in [5.41, 5.74) is 1.55. The number of hydrogen-bond donors (Lipinski definition) is 3.